The van der Waals surface area contributed by atoms with Crippen molar-refractivity contribution in [1.29, 1.82) is 0 Å². The summed E-state index contributed by atoms with van der Waals surface area (Å²) in [6, 6.07) is 9.07. The number of benzene rings is 1. The van der Waals surface area contributed by atoms with Gasteiger partial charge in [0.1, 0.15) is 11.6 Å². The predicted octanol–water partition coefficient (Wildman–Crippen LogP) is 5.04. The topological polar surface area (TPSA) is 37.0 Å². The van der Waals surface area contributed by atoms with E-state index in [4.69, 9.17) is 0 Å². The van der Waals surface area contributed by atoms with Gasteiger partial charge in [-0.2, -0.15) is 13.2 Å². The Kier molecular flexibility index (Phi) is 4.72. The molecule has 2 aromatic rings. The van der Waals surface area contributed by atoms with Gasteiger partial charge >= 0.3 is 6.18 Å². The van der Waals surface area contributed by atoms with Crippen LogP contribution in [0.4, 0.5) is 30.5 Å². The number of alkyl halides is 3. The molecule has 0 atom stereocenters. The van der Waals surface area contributed by atoms with Crippen molar-refractivity contribution < 1.29 is 13.2 Å². The van der Waals surface area contributed by atoms with Crippen molar-refractivity contribution >= 4 is 33.3 Å². The first kappa shape index (κ1) is 15.6. The lowest BCUT2D eigenvalue weighted by atomic mass is 10.2. The smallest absolute Gasteiger partial charge is 0.370 e. The highest BCUT2D eigenvalue weighted by molar-refractivity contribution is 9.10. The van der Waals surface area contributed by atoms with Gasteiger partial charge in [-0.3, -0.25) is 0 Å². The summed E-state index contributed by atoms with van der Waals surface area (Å²) in [5.74, 6) is 0.329. The summed E-state index contributed by atoms with van der Waals surface area (Å²) in [4.78, 5) is 4.12. The first-order valence-electron chi connectivity index (χ1n) is 6.24. The lowest BCUT2D eigenvalue weighted by molar-refractivity contribution is -0.137. The molecule has 21 heavy (non-hydrogen) atoms. The van der Waals surface area contributed by atoms with Crippen molar-refractivity contribution in [1.82, 2.24) is 4.98 Å². The Morgan fingerprint density at radius 2 is 1.71 bits per heavy atom. The van der Waals surface area contributed by atoms with Gasteiger partial charge in [0.05, 0.1) is 5.56 Å². The Balaban J connectivity index is 2.33. The minimum absolute atomic E-state index is 0.142. The van der Waals surface area contributed by atoms with Gasteiger partial charge in [0.15, 0.2) is 0 Å². The van der Waals surface area contributed by atoms with Crippen molar-refractivity contribution in [3.63, 3.8) is 0 Å². The molecule has 2 rings (SSSR count). The minimum atomic E-state index is -4.41. The Morgan fingerprint density at radius 3 is 2.29 bits per heavy atom. The van der Waals surface area contributed by atoms with Crippen LogP contribution < -0.4 is 10.6 Å². The quantitative estimate of drug-likeness (QED) is 0.802. The largest absolute Gasteiger partial charge is 0.416 e. The molecule has 0 aliphatic heterocycles. The first-order chi connectivity index (χ1) is 9.88. The van der Waals surface area contributed by atoms with E-state index in [0.717, 1.165) is 16.6 Å². The van der Waals surface area contributed by atoms with E-state index in [1.807, 2.05) is 0 Å². The van der Waals surface area contributed by atoms with E-state index in [-0.39, 0.29) is 11.6 Å². The van der Waals surface area contributed by atoms with E-state index < -0.39 is 11.7 Å². The Labute approximate surface area is 128 Å². The number of hydrogen-bond donors (Lipinski definition) is 2. The zero-order valence-electron chi connectivity index (χ0n) is 11.1. The third kappa shape index (κ3) is 4.35. The zero-order valence-corrected chi connectivity index (χ0v) is 12.7. The summed E-state index contributed by atoms with van der Waals surface area (Å²) in [7, 11) is 0. The lowest BCUT2D eigenvalue weighted by Gasteiger charge is -2.13. The molecule has 0 aliphatic rings. The van der Waals surface area contributed by atoms with E-state index in [9.17, 15) is 13.2 Å². The van der Waals surface area contributed by atoms with E-state index in [1.54, 1.807) is 31.2 Å². The molecule has 0 bridgehead atoms. The fourth-order valence-electron chi connectivity index (χ4n) is 1.71. The van der Waals surface area contributed by atoms with Crippen LogP contribution in [-0.4, -0.2) is 11.5 Å². The molecule has 0 radical (unpaired) electrons. The van der Waals surface area contributed by atoms with E-state index >= 15 is 0 Å². The zero-order chi connectivity index (χ0) is 15.5. The Hall–Kier alpha value is -1.76. The van der Waals surface area contributed by atoms with Crippen LogP contribution in [0.2, 0.25) is 0 Å². The fourth-order valence-corrected chi connectivity index (χ4v) is 1.98. The third-order valence-electron chi connectivity index (χ3n) is 2.63. The number of nitrogens with one attached hydrogen (secondary N) is 2. The summed E-state index contributed by atoms with van der Waals surface area (Å²) < 4.78 is 39.6. The molecule has 0 saturated heterocycles. The van der Waals surface area contributed by atoms with E-state index in [1.165, 1.54) is 0 Å². The first-order valence-corrected chi connectivity index (χ1v) is 7.03. The third-order valence-corrected chi connectivity index (χ3v) is 3.16. The second kappa shape index (κ2) is 6.34. The number of nitrogens with zero attached hydrogens (tertiary/aromatic N) is 1. The van der Waals surface area contributed by atoms with Crippen LogP contribution in [0, 0.1) is 0 Å². The van der Waals surface area contributed by atoms with Crippen LogP contribution in [0.3, 0.4) is 0 Å². The van der Waals surface area contributed by atoms with Gasteiger partial charge in [0, 0.05) is 16.7 Å². The molecule has 0 fully saturated rings. The van der Waals surface area contributed by atoms with Gasteiger partial charge in [0.25, 0.3) is 0 Å². The van der Waals surface area contributed by atoms with Crippen molar-refractivity contribution in [3.05, 3.63) is 46.4 Å². The molecule has 0 saturated carbocycles. The number of anilines is 3. The molecule has 1 heterocycles. The van der Waals surface area contributed by atoms with Crippen molar-refractivity contribution in [2.75, 3.05) is 17.2 Å². The average molecular weight is 360 g/mol. The minimum Gasteiger partial charge on any atom is -0.370 e. The summed E-state index contributed by atoms with van der Waals surface area (Å²) in [5, 5.41) is 5.67. The van der Waals surface area contributed by atoms with Gasteiger partial charge in [-0.1, -0.05) is 15.9 Å². The highest BCUT2D eigenvalue weighted by atomic mass is 79.9. The molecule has 0 unspecified atom stereocenters. The van der Waals surface area contributed by atoms with Gasteiger partial charge in [-0.05, 0) is 43.3 Å². The maximum absolute atomic E-state index is 12.9. The van der Waals surface area contributed by atoms with Crippen LogP contribution >= 0.6 is 15.9 Å². The highest BCUT2D eigenvalue weighted by Gasteiger charge is 2.31. The normalized spacial score (nSPS) is 11.3. The van der Waals surface area contributed by atoms with Gasteiger partial charge < -0.3 is 10.6 Å². The maximum atomic E-state index is 12.9. The van der Waals surface area contributed by atoms with Crippen molar-refractivity contribution in [2.45, 2.75) is 13.1 Å². The fraction of sp³-hybridized carbons (Fsp3) is 0.214. The molecule has 3 nitrogen and oxygen atoms in total. The second-order valence-electron chi connectivity index (χ2n) is 4.29. The molecule has 2 N–H and O–H groups in total. The van der Waals surface area contributed by atoms with Crippen molar-refractivity contribution in [2.24, 2.45) is 0 Å². The SMILES string of the molecule is CCNc1cc(C(F)(F)F)cc(Nc2ccc(Br)cc2)n1. The van der Waals surface area contributed by atoms with Gasteiger partial charge in [-0.25, -0.2) is 4.98 Å². The molecule has 1 aromatic heterocycles. The van der Waals surface area contributed by atoms with Gasteiger partial charge in [-0.15, -0.1) is 0 Å². The molecular weight excluding hydrogens is 347 g/mol. The number of aromatic nitrogens is 1. The Morgan fingerprint density at radius 1 is 1.10 bits per heavy atom. The number of rotatable bonds is 4. The van der Waals surface area contributed by atoms with E-state index in [0.29, 0.717) is 12.2 Å². The molecular formula is C14H13BrF3N3. The second-order valence-corrected chi connectivity index (χ2v) is 5.20. The summed E-state index contributed by atoms with van der Waals surface area (Å²) in [6.45, 7) is 2.29. The summed E-state index contributed by atoms with van der Waals surface area (Å²) >= 11 is 3.30. The van der Waals surface area contributed by atoms with Gasteiger partial charge in [0.2, 0.25) is 0 Å². The van der Waals surface area contributed by atoms with Crippen LogP contribution in [-0.2, 0) is 6.18 Å². The average Bonchev–Trinajstić information content (AvgIpc) is 2.41. The summed E-state index contributed by atoms with van der Waals surface area (Å²) in [5.41, 5.74) is -0.0828. The molecule has 7 heteroatoms. The lowest BCUT2D eigenvalue weighted by Crippen LogP contribution is -2.09. The Bertz CT molecular complexity index is 612. The molecule has 112 valence electrons. The molecule has 0 spiro atoms. The highest BCUT2D eigenvalue weighted by Crippen LogP contribution is 2.32. The van der Waals surface area contributed by atoms with Crippen LogP contribution in [0.1, 0.15) is 12.5 Å². The number of halogens is 4. The number of pyridine rings is 1. The molecule has 1 aromatic carbocycles. The number of hydrogen-bond acceptors (Lipinski definition) is 3. The summed E-state index contributed by atoms with van der Waals surface area (Å²) in [6.07, 6.45) is -4.41. The standard InChI is InChI=1S/C14H13BrF3N3/c1-2-19-12-7-9(14(16,17)18)8-13(21-12)20-11-5-3-10(15)4-6-11/h3-8H,2H2,1H3,(H2,19,20,21). The van der Waals surface area contributed by atoms with Crippen LogP contribution in [0.15, 0.2) is 40.9 Å². The van der Waals surface area contributed by atoms with Crippen LogP contribution in [0.5, 0.6) is 0 Å². The van der Waals surface area contributed by atoms with E-state index in [2.05, 4.69) is 31.5 Å². The molecule has 0 aliphatic carbocycles. The van der Waals surface area contributed by atoms with Crippen molar-refractivity contribution in [3.8, 4) is 0 Å². The molecule has 0 amide bonds. The van der Waals surface area contributed by atoms with Crippen LogP contribution in [0.25, 0.3) is 0 Å². The monoisotopic (exact) mass is 359 g/mol. The predicted molar refractivity (Wildman–Crippen MR) is 80.8 cm³/mol. The maximum Gasteiger partial charge on any atom is 0.416 e.